The number of aryl methyl sites for hydroxylation is 2. The summed E-state index contributed by atoms with van der Waals surface area (Å²) in [4.78, 5) is 8.46. The van der Waals surface area contributed by atoms with Crippen molar-refractivity contribution in [1.29, 1.82) is 0 Å². The molecule has 0 saturated carbocycles. The van der Waals surface area contributed by atoms with E-state index in [1.54, 1.807) is 12.1 Å². The van der Waals surface area contributed by atoms with Gasteiger partial charge >= 0.3 is 0 Å². The van der Waals surface area contributed by atoms with Crippen LogP contribution in [-0.4, -0.2) is 9.97 Å². The average Bonchev–Trinajstić information content (AvgIpc) is 2.33. The maximum absolute atomic E-state index is 6.09. The molecule has 1 heterocycles. The van der Waals surface area contributed by atoms with Crippen LogP contribution in [0.2, 0.25) is 10.2 Å². The highest BCUT2D eigenvalue weighted by Crippen LogP contribution is 2.30. The minimum absolute atomic E-state index is 0.372. The third kappa shape index (κ3) is 3.82. The van der Waals surface area contributed by atoms with E-state index in [9.17, 15) is 0 Å². The molecule has 1 aromatic carbocycles. The lowest BCUT2D eigenvalue weighted by molar-refractivity contribution is 0.458. The van der Waals surface area contributed by atoms with Gasteiger partial charge in [0.15, 0.2) is 0 Å². The highest BCUT2D eigenvalue weighted by atomic mass is 35.5. The average molecular weight is 297 g/mol. The smallest absolute Gasteiger partial charge is 0.224 e. The molecule has 0 aliphatic heterocycles. The summed E-state index contributed by atoms with van der Waals surface area (Å²) >= 11 is 12.0. The lowest BCUT2D eigenvalue weighted by Crippen LogP contribution is -1.98. The summed E-state index contributed by atoms with van der Waals surface area (Å²) in [6.07, 6.45) is 1.71. The Kier molecular flexibility index (Phi) is 4.61. The predicted molar refractivity (Wildman–Crippen MR) is 77.3 cm³/mol. The van der Waals surface area contributed by atoms with Crippen molar-refractivity contribution in [2.75, 3.05) is 0 Å². The Bertz CT molecular complexity index is 588. The van der Waals surface area contributed by atoms with Crippen LogP contribution in [-0.2, 0) is 6.42 Å². The van der Waals surface area contributed by atoms with Gasteiger partial charge in [-0.2, -0.15) is 4.98 Å². The maximum Gasteiger partial charge on any atom is 0.224 e. The summed E-state index contributed by atoms with van der Waals surface area (Å²) in [6, 6.07) is 7.16. The van der Waals surface area contributed by atoms with Crippen molar-refractivity contribution in [3.8, 4) is 11.6 Å². The van der Waals surface area contributed by atoms with Crippen molar-refractivity contribution < 1.29 is 4.74 Å². The Morgan fingerprint density at radius 3 is 2.68 bits per heavy atom. The molecule has 0 aliphatic rings. The number of hydrogen-bond donors (Lipinski definition) is 0. The number of ether oxygens (including phenoxy) is 1. The van der Waals surface area contributed by atoms with E-state index in [1.165, 1.54) is 0 Å². The van der Waals surface area contributed by atoms with Crippen LogP contribution in [0.15, 0.2) is 24.3 Å². The third-order valence-corrected chi connectivity index (χ3v) is 3.00. The van der Waals surface area contributed by atoms with Crippen LogP contribution in [0.5, 0.6) is 11.6 Å². The van der Waals surface area contributed by atoms with E-state index in [0.717, 1.165) is 18.4 Å². The zero-order chi connectivity index (χ0) is 13.8. The summed E-state index contributed by atoms with van der Waals surface area (Å²) in [5.41, 5.74) is 1.06. The van der Waals surface area contributed by atoms with Gasteiger partial charge in [0.25, 0.3) is 0 Å². The zero-order valence-electron chi connectivity index (χ0n) is 10.8. The molecule has 0 bridgehead atoms. The molecule has 2 aromatic rings. The van der Waals surface area contributed by atoms with E-state index in [1.807, 2.05) is 19.1 Å². The largest absolute Gasteiger partial charge is 0.437 e. The summed E-state index contributed by atoms with van der Waals surface area (Å²) in [7, 11) is 0. The van der Waals surface area contributed by atoms with Gasteiger partial charge in [-0.1, -0.05) is 36.2 Å². The van der Waals surface area contributed by atoms with Gasteiger partial charge in [-0.05, 0) is 31.0 Å². The predicted octanol–water partition coefficient (Wildman–Crippen LogP) is 4.84. The zero-order valence-corrected chi connectivity index (χ0v) is 12.3. The summed E-state index contributed by atoms with van der Waals surface area (Å²) in [5, 5.41) is 0.912. The van der Waals surface area contributed by atoms with Gasteiger partial charge in [0.05, 0.1) is 5.02 Å². The number of benzene rings is 1. The van der Waals surface area contributed by atoms with E-state index in [4.69, 9.17) is 27.9 Å². The molecule has 0 N–H and O–H groups in total. The Balaban J connectivity index is 2.29. The first kappa shape index (κ1) is 14.1. The monoisotopic (exact) mass is 296 g/mol. The molecule has 0 radical (unpaired) electrons. The van der Waals surface area contributed by atoms with Crippen molar-refractivity contribution in [2.45, 2.75) is 26.7 Å². The molecule has 19 heavy (non-hydrogen) atoms. The first-order chi connectivity index (χ1) is 9.08. The van der Waals surface area contributed by atoms with Crippen LogP contribution in [0.1, 0.15) is 24.7 Å². The molecule has 5 heteroatoms. The van der Waals surface area contributed by atoms with Gasteiger partial charge in [0.1, 0.15) is 16.7 Å². The first-order valence-electron chi connectivity index (χ1n) is 6.06. The minimum atomic E-state index is 0.372. The van der Waals surface area contributed by atoms with Crippen LogP contribution < -0.4 is 4.74 Å². The van der Waals surface area contributed by atoms with Gasteiger partial charge in [0.2, 0.25) is 5.88 Å². The van der Waals surface area contributed by atoms with Crippen LogP contribution in [0.25, 0.3) is 0 Å². The van der Waals surface area contributed by atoms with Gasteiger partial charge in [-0.3, -0.25) is 0 Å². The molecule has 0 aliphatic carbocycles. The molecule has 1 aromatic heterocycles. The van der Waals surface area contributed by atoms with E-state index in [0.29, 0.717) is 27.6 Å². The lowest BCUT2D eigenvalue weighted by atomic mass is 10.2. The van der Waals surface area contributed by atoms with Crippen molar-refractivity contribution in [2.24, 2.45) is 0 Å². The Labute approximate surface area is 122 Å². The molecule has 100 valence electrons. The minimum Gasteiger partial charge on any atom is -0.437 e. The van der Waals surface area contributed by atoms with Gasteiger partial charge < -0.3 is 4.74 Å². The Morgan fingerprint density at radius 1 is 1.16 bits per heavy atom. The van der Waals surface area contributed by atoms with Gasteiger partial charge in [-0.25, -0.2) is 4.98 Å². The molecule has 0 unspecified atom stereocenters. The van der Waals surface area contributed by atoms with E-state index in [-0.39, 0.29) is 0 Å². The van der Waals surface area contributed by atoms with E-state index in [2.05, 4.69) is 16.9 Å². The second-order valence-corrected chi connectivity index (χ2v) is 5.03. The number of nitrogens with zero attached hydrogens (tertiary/aromatic N) is 2. The normalized spacial score (nSPS) is 10.5. The molecule has 0 saturated heterocycles. The van der Waals surface area contributed by atoms with Crippen LogP contribution in [0.3, 0.4) is 0 Å². The van der Waals surface area contributed by atoms with Crippen molar-refractivity contribution in [1.82, 2.24) is 9.97 Å². The van der Waals surface area contributed by atoms with Gasteiger partial charge in [0, 0.05) is 12.5 Å². The topological polar surface area (TPSA) is 35.0 Å². The number of hydrogen-bond acceptors (Lipinski definition) is 3. The molecule has 0 atom stereocenters. The molecule has 0 amide bonds. The molecule has 2 rings (SSSR count). The molecule has 0 fully saturated rings. The number of halogens is 2. The van der Waals surface area contributed by atoms with Crippen LogP contribution in [0, 0.1) is 6.92 Å². The fraction of sp³-hybridized carbons (Fsp3) is 0.286. The van der Waals surface area contributed by atoms with Crippen molar-refractivity contribution >= 4 is 23.2 Å². The highest BCUT2D eigenvalue weighted by molar-refractivity contribution is 6.32. The highest BCUT2D eigenvalue weighted by Gasteiger charge is 2.08. The molecule has 0 spiro atoms. The second kappa shape index (κ2) is 6.22. The molecular weight excluding hydrogens is 283 g/mol. The number of rotatable bonds is 4. The van der Waals surface area contributed by atoms with Gasteiger partial charge in [-0.15, -0.1) is 0 Å². The Morgan fingerprint density at radius 2 is 1.95 bits per heavy atom. The van der Waals surface area contributed by atoms with E-state index < -0.39 is 0 Å². The van der Waals surface area contributed by atoms with E-state index >= 15 is 0 Å². The summed E-state index contributed by atoms with van der Waals surface area (Å²) < 4.78 is 5.69. The maximum atomic E-state index is 6.09. The molecular formula is C14H14Cl2N2O. The fourth-order valence-corrected chi connectivity index (χ4v) is 1.98. The second-order valence-electron chi connectivity index (χ2n) is 4.23. The van der Waals surface area contributed by atoms with Crippen LogP contribution >= 0.6 is 23.2 Å². The third-order valence-electron chi connectivity index (χ3n) is 2.49. The van der Waals surface area contributed by atoms with Crippen molar-refractivity contribution in [3.63, 3.8) is 0 Å². The standard InChI is InChI=1S/C14H14Cl2N2O/c1-3-4-13-17-12(16)8-14(18-13)19-11-7-9(2)5-6-10(11)15/h5-8H,3-4H2,1-2H3. The molecule has 3 nitrogen and oxygen atoms in total. The quantitative estimate of drug-likeness (QED) is 0.758. The summed E-state index contributed by atoms with van der Waals surface area (Å²) in [5.74, 6) is 1.66. The summed E-state index contributed by atoms with van der Waals surface area (Å²) in [6.45, 7) is 4.03. The van der Waals surface area contributed by atoms with Crippen LogP contribution in [0.4, 0.5) is 0 Å². The lowest BCUT2D eigenvalue weighted by Gasteiger charge is -2.09. The Hall–Kier alpha value is -1.32. The first-order valence-corrected chi connectivity index (χ1v) is 6.81. The van der Waals surface area contributed by atoms with Crippen molar-refractivity contribution in [3.05, 3.63) is 45.8 Å². The SMILES string of the molecule is CCCc1nc(Cl)cc(Oc2cc(C)ccc2Cl)n1. The fourth-order valence-electron chi connectivity index (χ4n) is 1.63. The number of aromatic nitrogens is 2.